The van der Waals surface area contributed by atoms with Crippen molar-refractivity contribution in [3.63, 3.8) is 0 Å². The fourth-order valence-electron chi connectivity index (χ4n) is 4.08. The van der Waals surface area contributed by atoms with E-state index in [9.17, 15) is 9.59 Å². The molecule has 0 fully saturated rings. The van der Waals surface area contributed by atoms with E-state index in [4.69, 9.17) is 26.4 Å². The molecule has 190 valence electrons. The van der Waals surface area contributed by atoms with Crippen molar-refractivity contribution < 1.29 is 23.8 Å². The van der Waals surface area contributed by atoms with Gasteiger partial charge in [0, 0.05) is 28.8 Å². The minimum absolute atomic E-state index is 0.214. The van der Waals surface area contributed by atoms with Crippen molar-refractivity contribution in [3.05, 3.63) is 76.6 Å². The largest absolute Gasteiger partial charge is 0.497 e. The number of dihydropyridines is 1. The van der Waals surface area contributed by atoms with Crippen molar-refractivity contribution in [2.75, 3.05) is 31.0 Å². The Labute approximate surface area is 216 Å². The highest BCUT2D eigenvalue weighted by Gasteiger charge is 2.38. The molecule has 0 amide bonds. The molecule has 0 aliphatic carbocycles. The molecule has 1 aliphatic rings. The number of allylic oxidation sites excluding steroid dienone is 2. The molecule has 8 nitrogen and oxygen atoms in total. The van der Waals surface area contributed by atoms with Crippen molar-refractivity contribution in [2.45, 2.75) is 33.6 Å². The number of nitrogens with one attached hydrogen (secondary N) is 3. The average Bonchev–Trinajstić information content (AvgIpc) is 2.84. The van der Waals surface area contributed by atoms with Crippen LogP contribution in [0, 0.1) is 0 Å². The Hall–Kier alpha value is -3.85. The summed E-state index contributed by atoms with van der Waals surface area (Å²) in [5.74, 6) is -0.949. The topological polar surface area (TPSA) is 97.9 Å². The van der Waals surface area contributed by atoms with Gasteiger partial charge in [-0.1, -0.05) is 18.2 Å². The van der Waals surface area contributed by atoms with E-state index < -0.39 is 17.9 Å². The molecule has 2 aromatic carbocycles. The highest BCUT2D eigenvalue weighted by atomic mass is 32.1. The van der Waals surface area contributed by atoms with Crippen LogP contribution in [0.25, 0.3) is 0 Å². The minimum atomic E-state index is -0.675. The van der Waals surface area contributed by atoms with E-state index in [-0.39, 0.29) is 13.2 Å². The molecule has 0 spiro atoms. The van der Waals surface area contributed by atoms with Gasteiger partial charge in [0.2, 0.25) is 0 Å². The standard InChI is InChI=1S/C27H31N3O5S/c1-6-34-25(31)22-16(3)28-17(4)23(26(32)35-7-2)24(22)18-10-8-11-19(14-18)29-27(36)30-20-12-9-13-21(15-20)33-5/h8-15,24,28H,6-7H2,1-5H3,(H2,29,30,36). The minimum Gasteiger partial charge on any atom is -0.497 e. The predicted octanol–water partition coefficient (Wildman–Crippen LogP) is 4.87. The molecule has 36 heavy (non-hydrogen) atoms. The number of ether oxygens (including phenoxy) is 3. The Morgan fingerprint density at radius 3 is 1.94 bits per heavy atom. The van der Waals surface area contributed by atoms with Crippen molar-refractivity contribution in [2.24, 2.45) is 0 Å². The summed E-state index contributed by atoms with van der Waals surface area (Å²) in [6, 6.07) is 14.8. The third-order valence-corrected chi connectivity index (χ3v) is 5.76. The Morgan fingerprint density at radius 2 is 1.42 bits per heavy atom. The van der Waals surface area contributed by atoms with Crippen LogP contribution in [-0.2, 0) is 19.1 Å². The van der Waals surface area contributed by atoms with Gasteiger partial charge in [-0.3, -0.25) is 0 Å². The molecule has 0 atom stereocenters. The van der Waals surface area contributed by atoms with E-state index in [0.29, 0.717) is 39.1 Å². The van der Waals surface area contributed by atoms with E-state index in [1.54, 1.807) is 34.8 Å². The second kappa shape index (κ2) is 12.2. The summed E-state index contributed by atoms with van der Waals surface area (Å²) in [6.07, 6.45) is 0. The lowest BCUT2D eigenvalue weighted by Crippen LogP contribution is -2.32. The van der Waals surface area contributed by atoms with Gasteiger partial charge in [0.1, 0.15) is 5.75 Å². The quantitative estimate of drug-likeness (QED) is 0.340. The molecule has 0 unspecified atom stereocenters. The van der Waals surface area contributed by atoms with Gasteiger partial charge >= 0.3 is 11.9 Å². The van der Waals surface area contributed by atoms with Crippen LogP contribution in [-0.4, -0.2) is 37.4 Å². The molecule has 3 rings (SSSR count). The second-order valence-corrected chi connectivity index (χ2v) is 8.42. The summed E-state index contributed by atoms with van der Waals surface area (Å²) in [7, 11) is 1.60. The summed E-state index contributed by atoms with van der Waals surface area (Å²) in [4.78, 5) is 26.0. The SMILES string of the molecule is CCOC(=O)C1=C(C)NC(C)=C(C(=O)OCC)C1c1cccc(NC(=S)Nc2cccc(OC)c2)c1. The van der Waals surface area contributed by atoms with Gasteiger partial charge in [-0.05, 0) is 69.7 Å². The first kappa shape index (κ1) is 26.7. The van der Waals surface area contributed by atoms with Crippen molar-refractivity contribution in [1.29, 1.82) is 0 Å². The first-order valence-corrected chi connectivity index (χ1v) is 12.0. The molecule has 0 bridgehead atoms. The highest BCUT2D eigenvalue weighted by Crippen LogP contribution is 2.40. The molecule has 9 heteroatoms. The van der Waals surface area contributed by atoms with Crippen LogP contribution in [0.15, 0.2) is 71.1 Å². The number of methoxy groups -OCH3 is 1. The number of anilines is 2. The van der Waals surface area contributed by atoms with E-state index >= 15 is 0 Å². The van der Waals surface area contributed by atoms with Gasteiger partial charge in [0.15, 0.2) is 5.11 Å². The Kier molecular flexibility index (Phi) is 9.08. The summed E-state index contributed by atoms with van der Waals surface area (Å²) < 4.78 is 15.9. The lowest BCUT2D eigenvalue weighted by Gasteiger charge is -2.30. The van der Waals surface area contributed by atoms with Crippen molar-refractivity contribution >= 4 is 40.6 Å². The molecular weight excluding hydrogens is 478 g/mol. The maximum atomic E-state index is 13.0. The number of rotatable bonds is 8. The Morgan fingerprint density at radius 1 is 0.889 bits per heavy atom. The third-order valence-electron chi connectivity index (χ3n) is 5.56. The van der Waals surface area contributed by atoms with Crippen LogP contribution in [0.4, 0.5) is 11.4 Å². The zero-order valence-electron chi connectivity index (χ0n) is 21.1. The maximum absolute atomic E-state index is 13.0. The molecule has 1 heterocycles. The van der Waals surface area contributed by atoms with Gasteiger partial charge < -0.3 is 30.2 Å². The van der Waals surface area contributed by atoms with Gasteiger partial charge in [0.25, 0.3) is 0 Å². The van der Waals surface area contributed by atoms with Crippen LogP contribution < -0.4 is 20.7 Å². The van der Waals surface area contributed by atoms with Gasteiger partial charge in [0.05, 0.1) is 37.4 Å². The second-order valence-electron chi connectivity index (χ2n) is 8.01. The monoisotopic (exact) mass is 509 g/mol. The molecule has 0 radical (unpaired) electrons. The molecule has 2 aromatic rings. The fraction of sp³-hybridized carbons (Fsp3) is 0.296. The molecule has 0 saturated heterocycles. The van der Waals surface area contributed by atoms with E-state index in [0.717, 1.165) is 11.3 Å². The molecule has 3 N–H and O–H groups in total. The summed E-state index contributed by atoms with van der Waals surface area (Å²) in [6.45, 7) is 7.50. The van der Waals surface area contributed by atoms with Gasteiger partial charge in [-0.15, -0.1) is 0 Å². The summed E-state index contributed by atoms with van der Waals surface area (Å²) in [5, 5.41) is 9.81. The smallest absolute Gasteiger partial charge is 0.336 e. The normalized spacial score (nSPS) is 13.6. The zero-order chi connectivity index (χ0) is 26.2. The first-order valence-electron chi connectivity index (χ1n) is 11.6. The molecule has 0 saturated carbocycles. The fourth-order valence-corrected chi connectivity index (χ4v) is 4.31. The number of carbonyl (C=O) groups excluding carboxylic acids is 2. The van der Waals surface area contributed by atoms with Crippen LogP contribution in [0.3, 0.4) is 0 Å². The number of hydrogen-bond acceptors (Lipinski definition) is 7. The number of esters is 2. The summed E-state index contributed by atoms with van der Waals surface area (Å²) >= 11 is 5.49. The number of thiocarbonyl (C=S) groups is 1. The first-order chi connectivity index (χ1) is 17.3. The predicted molar refractivity (Wildman–Crippen MR) is 144 cm³/mol. The van der Waals surface area contributed by atoms with E-state index in [2.05, 4.69) is 16.0 Å². The lowest BCUT2D eigenvalue weighted by molar-refractivity contribution is -0.139. The van der Waals surface area contributed by atoms with Crippen molar-refractivity contribution in [1.82, 2.24) is 5.32 Å². The van der Waals surface area contributed by atoms with Gasteiger partial charge in [-0.25, -0.2) is 9.59 Å². The van der Waals surface area contributed by atoms with Crippen LogP contribution >= 0.6 is 12.2 Å². The van der Waals surface area contributed by atoms with Crippen LogP contribution in [0.1, 0.15) is 39.2 Å². The zero-order valence-corrected chi connectivity index (χ0v) is 21.9. The number of carbonyl (C=O) groups is 2. The summed E-state index contributed by atoms with van der Waals surface area (Å²) in [5.41, 5.74) is 4.14. The lowest BCUT2D eigenvalue weighted by atomic mass is 9.80. The third kappa shape index (κ3) is 6.23. The van der Waals surface area contributed by atoms with Crippen LogP contribution in [0.5, 0.6) is 5.75 Å². The van der Waals surface area contributed by atoms with E-state index in [1.165, 1.54) is 0 Å². The number of hydrogen-bond donors (Lipinski definition) is 3. The number of benzene rings is 2. The molecular formula is C27H31N3O5S. The van der Waals surface area contributed by atoms with Crippen molar-refractivity contribution in [3.8, 4) is 5.75 Å². The average molecular weight is 510 g/mol. The molecule has 1 aliphatic heterocycles. The van der Waals surface area contributed by atoms with Crippen LogP contribution in [0.2, 0.25) is 0 Å². The van der Waals surface area contributed by atoms with Gasteiger partial charge in [-0.2, -0.15) is 0 Å². The Bertz CT molecular complexity index is 1180. The highest BCUT2D eigenvalue weighted by molar-refractivity contribution is 7.80. The Balaban J connectivity index is 1.95. The van der Waals surface area contributed by atoms with E-state index in [1.807, 2.05) is 48.5 Å². The maximum Gasteiger partial charge on any atom is 0.336 e. The molecule has 0 aromatic heterocycles.